The maximum atomic E-state index is 13.0. The largest absolute Gasteiger partial charge is 0.454 e. The number of ether oxygens (including phenoxy) is 2. The van der Waals surface area contributed by atoms with E-state index in [-0.39, 0.29) is 36.3 Å². The molecule has 2 N–H and O–H groups in total. The normalized spacial score (nSPS) is 13.1. The number of nitrogens with zero attached hydrogens (tertiary/aromatic N) is 3. The van der Waals surface area contributed by atoms with E-state index in [1.54, 1.807) is 18.2 Å². The average molecular weight is 496 g/mol. The van der Waals surface area contributed by atoms with Crippen LogP contribution < -0.4 is 20.1 Å². The van der Waals surface area contributed by atoms with Crippen molar-refractivity contribution in [2.75, 3.05) is 17.9 Å². The molecule has 0 bridgehead atoms. The number of rotatable bonds is 8. The summed E-state index contributed by atoms with van der Waals surface area (Å²) in [5.41, 5.74) is 3.54. The highest BCUT2D eigenvalue weighted by atomic mass is 32.2. The Labute approximate surface area is 208 Å². The lowest BCUT2D eigenvalue weighted by Crippen LogP contribution is -2.33. The zero-order chi connectivity index (χ0) is 25.1. The summed E-state index contributed by atoms with van der Waals surface area (Å²) in [5.74, 6) is 1.67. The first-order valence-corrected chi connectivity index (χ1v) is 12.3. The van der Waals surface area contributed by atoms with E-state index in [1.807, 2.05) is 57.5 Å². The van der Waals surface area contributed by atoms with E-state index in [2.05, 4.69) is 20.8 Å². The molecule has 1 atom stereocenters. The number of fused-ring (bicyclic) bond motifs is 1. The second kappa shape index (κ2) is 10.4. The number of carbonyl (C=O) groups is 2. The second-order valence-electron chi connectivity index (χ2n) is 8.80. The lowest BCUT2D eigenvalue weighted by atomic mass is 10.0. The molecule has 0 saturated carbocycles. The Morgan fingerprint density at radius 3 is 2.57 bits per heavy atom. The van der Waals surface area contributed by atoms with Gasteiger partial charge in [0.25, 0.3) is 5.91 Å². The van der Waals surface area contributed by atoms with Crippen molar-refractivity contribution in [3.8, 4) is 11.5 Å². The monoisotopic (exact) mass is 495 g/mol. The fourth-order valence-electron chi connectivity index (χ4n) is 3.66. The molecule has 10 heteroatoms. The van der Waals surface area contributed by atoms with Crippen LogP contribution in [0.1, 0.15) is 47.2 Å². The molecular formula is C25H29N5O4S. The number of hydrogen-bond acceptors (Lipinski definition) is 7. The van der Waals surface area contributed by atoms with E-state index >= 15 is 0 Å². The van der Waals surface area contributed by atoms with E-state index < -0.39 is 0 Å². The van der Waals surface area contributed by atoms with Crippen molar-refractivity contribution in [3.63, 3.8) is 0 Å². The standard InChI is InChI=1S/C25H29N5O4S/c1-14(2)22(27-24(32)17-7-9-19-20(11-17)34-13-33-19)23-28-29-25(30(23)5)35-12-21(31)26-18-8-6-15(3)16(4)10-18/h6-11,14,22H,12-13H2,1-5H3,(H,26,31)(H,27,32). The van der Waals surface area contributed by atoms with Gasteiger partial charge in [-0.3, -0.25) is 9.59 Å². The third-order valence-corrected chi connectivity index (χ3v) is 6.88. The first-order chi connectivity index (χ1) is 16.7. The molecule has 0 saturated heterocycles. The molecule has 0 fully saturated rings. The lowest BCUT2D eigenvalue weighted by molar-refractivity contribution is -0.113. The van der Waals surface area contributed by atoms with E-state index in [4.69, 9.17) is 9.47 Å². The number of anilines is 1. The molecule has 0 spiro atoms. The van der Waals surface area contributed by atoms with Gasteiger partial charge in [-0.2, -0.15) is 0 Å². The molecule has 9 nitrogen and oxygen atoms in total. The van der Waals surface area contributed by atoms with E-state index in [9.17, 15) is 9.59 Å². The number of aromatic nitrogens is 3. The van der Waals surface area contributed by atoms with Crippen LogP contribution in [-0.2, 0) is 11.8 Å². The zero-order valence-corrected chi connectivity index (χ0v) is 21.2. The summed E-state index contributed by atoms with van der Waals surface area (Å²) in [6.45, 7) is 8.20. The molecule has 2 amide bonds. The minimum absolute atomic E-state index is 0.0572. The quantitative estimate of drug-likeness (QED) is 0.455. The summed E-state index contributed by atoms with van der Waals surface area (Å²) >= 11 is 1.29. The van der Waals surface area contributed by atoms with Crippen molar-refractivity contribution < 1.29 is 19.1 Å². The molecule has 0 aliphatic carbocycles. The smallest absolute Gasteiger partial charge is 0.252 e. The number of nitrogens with one attached hydrogen (secondary N) is 2. The van der Waals surface area contributed by atoms with Crippen LogP contribution in [0.15, 0.2) is 41.6 Å². The van der Waals surface area contributed by atoms with Gasteiger partial charge in [-0.05, 0) is 61.2 Å². The molecule has 1 aliphatic rings. The van der Waals surface area contributed by atoms with E-state index in [0.717, 1.165) is 11.3 Å². The molecule has 184 valence electrons. The van der Waals surface area contributed by atoms with Crippen LogP contribution in [0.25, 0.3) is 0 Å². The summed E-state index contributed by atoms with van der Waals surface area (Å²) in [6.07, 6.45) is 0. The Morgan fingerprint density at radius 2 is 1.83 bits per heavy atom. The van der Waals surface area contributed by atoms with Gasteiger partial charge in [0.15, 0.2) is 22.5 Å². The Hall–Kier alpha value is -3.53. The first-order valence-electron chi connectivity index (χ1n) is 11.3. The Bertz CT molecular complexity index is 1260. The van der Waals surface area contributed by atoms with Crippen LogP contribution in [0.3, 0.4) is 0 Å². The number of hydrogen-bond donors (Lipinski definition) is 2. The van der Waals surface area contributed by atoms with Gasteiger partial charge in [0, 0.05) is 18.3 Å². The predicted molar refractivity (Wildman–Crippen MR) is 134 cm³/mol. The van der Waals surface area contributed by atoms with Crippen molar-refractivity contribution in [2.45, 2.75) is 38.9 Å². The highest BCUT2D eigenvalue weighted by Crippen LogP contribution is 2.33. The van der Waals surface area contributed by atoms with E-state index in [1.165, 1.54) is 17.3 Å². The first kappa shape index (κ1) is 24.6. The van der Waals surface area contributed by atoms with Crippen LogP contribution >= 0.6 is 11.8 Å². The van der Waals surface area contributed by atoms with Crippen LogP contribution in [0.4, 0.5) is 5.69 Å². The molecule has 1 aliphatic heterocycles. The topological polar surface area (TPSA) is 107 Å². The highest BCUT2D eigenvalue weighted by molar-refractivity contribution is 7.99. The minimum atomic E-state index is -0.371. The molecular weight excluding hydrogens is 466 g/mol. The van der Waals surface area contributed by atoms with Gasteiger partial charge in [0.05, 0.1) is 11.8 Å². The molecule has 2 heterocycles. The number of benzene rings is 2. The van der Waals surface area contributed by atoms with Crippen molar-refractivity contribution in [2.24, 2.45) is 13.0 Å². The molecule has 35 heavy (non-hydrogen) atoms. The van der Waals surface area contributed by atoms with Crippen LogP contribution in [0.5, 0.6) is 11.5 Å². The van der Waals surface area contributed by atoms with Crippen LogP contribution in [-0.4, -0.2) is 39.1 Å². The molecule has 2 aromatic carbocycles. The van der Waals surface area contributed by atoms with Crippen LogP contribution in [0, 0.1) is 19.8 Å². The predicted octanol–water partition coefficient (Wildman–Crippen LogP) is 4.02. The molecule has 3 aromatic rings. The maximum Gasteiger partial charge on any atom is 0.252 e. The second-order valence-corrected chi connectivity index (χ2v) is 9.74. The number of thioether (sulfide) groups is 1. The molecule has 0 radical (unpaired) electrons. The maximum absolute atomic E-state index is 13.0. The average Bonchev–Trinajstić information content (AvgIpc) is 3.44. The fraction of sp³-hybridized carbons (Fsp3) is 0.360. The Balaban J connectivity index is 1.41. The highest BCUT2D eigenvalue weighted by Gasteiger charge is 2.26. The number of amides is 2. The Kier molecular flexibility index (Phi) is 7.30. The summed E-state index contributed by atoms with van der Waals surface area (Å²) < 4.78 is 12.5. The third kappa shape index (κ3) is 5.59. The number of carbonyl (C=O) groups excluding carboxylic acids is 2. The van der Waals surface area contributed by atoms with Crippen molar-refractivity contribution in [1.29, 1.82) is 0 Å². The summed E-state index contributed by atoms with van der Waals surface area (Å²) in [7, 11) is 1.83. The van der Waals surface area contributed by atoms with E-state index in [0.29, 0.717) is 28.0 Å². The zero-order valence-electron chi connectivity index (χ0n) is 20.4. The van der Waals surface area contributed by atoms with Gasteiger partial charge < -0.3 is 24.7 Å². The SMILES string of the molecule is Cc1ccc(NC(=O)CSc2nnc(C(NC(=O)c3ccc4c(c3)OCO4)C(C)C)n2C)cc1C. The van der Waals surface area contributed by atoms with Gasteiger partial charge in [0.2, 0.25) is 12.7 Å². The van der Waals surface area contributed by atoms with Gasteiger partial charge in [-0.25, -0.2) is 0 Å². The lowest BCUT2D eigenvalue weighted by Gasteiger charge is -2.21. The molecule has 1 unspecified atom stereocenters. The summed E-state index contributed by atoms with van der Waals surface area (Å²) in [5, 5.41) is 15.2. The Morgan fingerprint density at radius 1 is 1.06 bits per heavy atom. The summed E-state index contributed by atoms with van der Waals surface area (Å²) in [4.78, 5) is 25.4. The third-order valence-electron chi connectivity index (χ3n) is 5.86. The van der Waals surface area contributed by atoms with Gasteiger partial charge in [-0.15, -0.1) is 10.2 Å². The van der Waals surface area contributed by atoms with Gasteiger partial charge >= 0.3 is 0 Å². The number of aryl methyl sites for hydroxylation is 2. The van der Waals surface area contributed by atoms with Crippen molar-refractivity contribution in [3.05, 3.63) is 58.9 Å². The molecule has 4 rings (SSSR count). The van der Waals surface area contributed by atoms with Crippen molar-refractivity contribution in [1.82, 2.24) is 20.1 Å². The van der Waals surface area contributed by atoms with Crippen LogP contribution in [0.2, 0.25) is 0 Å². The van der Waals surface area contributed by atoms with Gasteiger partial charge in [-0.1, -0.05) is 31.7 Å². The van der Waals surface area contributed by atoms with Crippen molar-refractivity contribution >= 4 is 29.3 Å². The fourth-order valence-corrected chi connectivity index (χ4v) is 4.38. The molecule has 1 aromatic heterocycles. The summed E-state index contributed by atoms with van der Waals surface area (Å²) in [6, 6.07) is 10.5. The minimum Gasteiger partial charge on any atom is -0.454 e. The van der Waals surface area contributed by atoms with Gasteiger partial charge in [0.1, 0.15) is 0 Å².